The van der Waals surface area contributed by atoms with Gasteiger partial charge in [-0.1, -0.05) is 32.6 Å². The highest BCUT2D eigenvalue weighted by atomic mass is 16.2. The van der Waals surface area contributed by atoms with Gasteiger partial charge in [0.05, 0.1) is 0 Å². The summed E-state index contributed by atoms with van der Waals surface area (Å²) in [5.41, 5.74) is 1.25. The molecule has 0 spiro atoms. The summed E-state index contributed by atoms with van der Waals surface area (Å²) >= 11 is 0. The van der Waals surface area contributed by atoms with Crippen molar-refractivity contribution >= 4 is 5.91 Å². The topological polar surface area (TPSA) is 46.1 Å². The van der Waals surface area contributed by atoms with Crippen LogP contribution in [0.1, 0.15) is 63.5 Å². The molecule has 1 fully saturated rings. The Balaban J connectivity index is 1.84. The first-order valence-corrected chi connectivity index (χ1v) is 8.35. The van der Waals surface area contributed by atoms with E-state index < -0.39 is 0 Å². The molecule has 0 aliphatic heterocycles. The first-order valence-electron chi connectivity index (χ1n) is 8.35. The predicted octanol–water partition coefficient (Wildman–Crippen LogP) is 3.00. The van der Waals surface area contributed by atoms with Crippen LogP contribution in [0, 0.1) is 0 Å². The molecule has 1 heterocycles. The molecule has 1 aliphatic carbocycles. The fourth-order valence-corrected chi connectivity index (χ4v) is 3.23. The van der Waals surface area contributed by atoms with Gasteiger partial charge in [-0.2, -0.15) is 0 Å². The SMILES string of the molecule is CCC(NC)c1ccn(CC(=O)NC2CCCCCC2)c1. The summed E-state index contributed by atoms with van der Waals surface area (Å²) in [6.45, 7) is 2.59. The van der Waals surface area contributed by atoms with Crippen molar-refractivity contribution in [2.45, 2.75) is 70.5 Å². The van der Waals surface area contributed by atoms with Crippen molar-refractivity contribution in [1.29, 1.82) is 0 Å². The van der Waals surface area contributed by atoms with Gasteiger partial charge < -0.3 is 15.2 Å². The molecular formula is C17H29N3O. The van der Waals surface area contributed by atoms with Crippen molar-refractivity contribution in [2.24, 2.45) is 0 Å². The van der Waals surface area contributed by atoms with Crippen LogP contribution < -0.4 is 10.6 Å². The molecule has 0 bridgehead atoms. The summed E-state index contributed by atoms with van der Waals surface area (Å²) in [4.78, 5) is 12.2. The van der Waals surface area contributed by atoms with Gasteiger partial charge in [0.25, 0.3) is 0 Å². The maximum atomic E-state index is 12.2. The van der Waals surface area contributed by atoms with Gasteiger partial charge in [0.15, 0.2) is 0 Å². The lowest BCUT2D eigenvalue weighted by molar-refractivity contribution is -0.122. The average molecular weight is 291 g/mol. The highest BCUT2D eigenvalue weighted by Crippen LogP contribution is 2.18. The molecule has 21 heavy (non-hydrogen) atoms. The minimum Gasteiger partial charge on any atom is -0.352 e. The molecule has 1 unspecified atom stereocenters. The fourth-order valence-electron chi connectivity index (χ4n) is 3.23. The Hall–Kier alpha value is -1.29. The van der Waals surface area contributed by atoms with Gasteiger partial charge in [0, 0.05) is 24.5 Å². The van der Waals surface area contributed by atoms with E-state index in [4.69, 9.17) is 0 Å². The van der Waals surface area contributed by atoms with Gasteiger partial charge in [-0.25, -0.2) is 0 Å². The molecule has 2 rings (SSSR count). The van der Waals surface area contributed by atoms with E-state index in [1.807, 2.05) is 17.8 Å². The fraction of sp³-hybridized carbons (Fsp3) is 0.706. The second-order valence-electron chi connectivity index (χ2n) is 6.12. The number of amides is 1. The molecule has 1 saturated carbocycles. The molecule has 0 radical (unpaired) electrons. The van der Waals surface area contributed by atoms with E-state index in [-0.39, 0.29) is 5.91 Å². The van der Waals surface area contributed by atoms with Crippen LogP contribution in [0.2, 0.25) is 0 Å². The number of carbonyl (C=O) groups excluding carboxylic acids is 1. The number of nitrogens with one attached hydrogen (secondary N) is 2. The van der Waals surface area contributed by atoms with E-state index in [1.54, 1.807) is 0 Å². The van der Waals surface area contributed by atoms with E-state index in [9.17, 15) is 4.79 Å². The number of rotatable bonds is 6. The Morgan fingerprint density at radius 3 is 2.67 bits per heavy atom. The quantitative estimate of drug-likeness (QED) is 0.792. The van der Waals surface area contributed by atoms with Gasteiger partial charge in [-0.3, -0.25) is 4.79 Å². The summed E-state index contributed by atoms with van der Waals surface area (Å²) in [5.74, 6) is 0.140. The Labute approximate surface area is 128 Å². The van der Waals surface area contributed by atoms with Crippen LogP contribution >= 0.6 is 0 Å². The highest BCUT2D eigenvalue weighted by Gasteiger charge is 2.15. The summed E-state index contributed by atoms with van der Waals surface area (Å²) in [6.07, 6.45) is 12.5. The number of aromatic nitrogens is 1. The molecule has 4 heteroatoms. The third-order valence-electron chi connectivity index (χ3n) is 4.48. The summed E-state index contributed by atoms with van der Waals surface area (Å²) in [6, 6.07) is 2.86. The van der Waals surface area contributed by atoms with Crippen molar-refractivity contribution in [2.75, 3.05) is 7.05 Å². The third-order valence-corrected chi connectivity index (χ3v) is 4.48. The summed E-state index contributed by atoms with van der Waals surface area (Å²) in [5, 5.41) is 6.49. The Kier molecular flexibility index (Phi) is 6.30. The molecule has 1 atom stereocenters. The number of hydrogen-bond donors (Lipinski definition) is 2. The highest BCUT2D eigenvalue weighted by molar-refractivity contribution is 5.76. The second-order valence-corrected chi connectivity index (χ2v) is 6.12. The largest absolute Gasteiger partial charge is 0.352 e. The van der Waals surface area contributed by atoms with Gasteiger partial charge in [0.2, 0.25) is 5.91 Å². The van der Waals surface area contributed by atoms with Crippen molar-refractivity contribution in [3.63, 3.8) is 0 Å². The van der Waals surface area contributed by atoms with Gasteiger partial charge in [0.1, 0.15) is 6.54 Å². The van der Waals surface area contributed by atoms with Crippen LogP contribution in [0.4, 0.5) is 0 Å². The Morgan fingerprint density at radius 2 is 2.05 bits per heavy atom. The van der Waals surface area contributed by atoms with Crippen LogP contribution in [-0.4, -0.2) is 23.6 Å². The van der Waals surface area contributed by atoms with Crippen LogP contribution in [0.3, 0.4) is 0 Å². The van der Waals surface area contributed by atoms with E-state index >= 15 is 0 Å². The normalized spacial score (nSPS) is 18.2. The molecule has 0 saturated heterocycles. The van der Waals surface area contributed by atoms with E-state index in [0.29, 0.717) is 18.6 Å². The molecule has 2 N–H and O–H groups in total. The maximum absolute atomic E-state index is 12.2. The lowest BCUT2D eigenvalue weighted by atomic mass is 10.1. The number of hydrogen-bond acceptors (Lipinski definition) is 2. The molecule has 1 amide bonds. The van der Waals surface area contributed by atoms with Crippen LogP contribution in [0.5, 0.6) is 0 Å². The first-order chi connectivity index (χ1) is 10.2. The standard InChI is InChI=1S/C17H29N3O/c1-3-16(18-2)14-10-11-20(12-14)13-17(21)19-15-8-6-4-5-7-9-15/h10-12,15-16,18H,3-9,13H2,1-2H3,(H,19,21). The van der Waals surface area contributed by atoms with E-state index in [0.717, 1.165) is 19.3 Å². The Morgan fingerprint density at radius 1 is 1.33 bits per heavy atom. The number of nitrogens with zero attached hydrogens (tertiary/aromatic N) is 1. The van der Waals surface area contributed by atoms with Gasteiger partial charge >= 0.3 is 0 Å². The van der Waals surface area contributed by atoms with Crippen molar-refractivity contribution in [1.82, 2.24) is 15.2 Å². The van der Waals surface area contributed by atoms with E-state index in [1.165, 1.54) is 31.2 Å². The monoisotopic (exact) mass is 291 g/mol. The van der Waals surface area contributed by atoms with Crippen molar-refractivity contribution in [3.05, 3.63) is 24.0 Å². The summed E-state index contributed by atoms with van der Waals surface area (Å²) in [7, 11) is 1.98. The maximum Gasteiger partial charge on any atom is 0.240 e. The Bertz CT molecular complexity index is 429. The van der Waals surface area contributed by atoms with Gasteiger partial charge in [-0.05, 0) is 37.9 Å². The zero-order valence-corrected chi connectivity index (χ0v) is 13.4. The lowest BCUT2D eigenvalue weighted by Crippen LogP contribution is -2.36. The molecule has 1 aromatic rings. The second kappa shape index (κ2) is 8.23. The molecule has 0 aromatic carbocycles. The van der Waals surface area contributed by atoms with Crippen LogP contribution in [0.25, 0.3) is 0 Å². The van der Waals surface area contributed by atoms with Crippen molar-refractivity contribution in [3.8, 4) is 0 Å². The zero-order valence-electron chi connectivity index (χ0n) is 13.4. The first kappa shape index (κ1) is 16.1. The van der Waals surface area contributed by atoms with E-state index in [2.05, 4.69) is 29.8 Å². The van der Waals surface area contributed by atoms with Crippen molar-refractivity contribution < 1.29 is 4.79 Å². The van der Waals surface area contributed by atoms with Crippen LogP contribution in [0.15, 0.2) is 18.5 Å². The molecule has 1 aromatic heterocycles. The summed E-state index contributed by atoms with van der Waals surface area (Å²) < 4.78 is 1.99. The third kappa shape index (κ3) is 4.88. The molecule has 1 aliphatic rings. The molecule has 118 valence electrons. The molecule has 4 nitrogen and oxygen atoms in total. The minimum absolute atomic E-state index is 0.140. The minimum atomic E-state index is 0.140. The average Bonchev–Trinajstić information content (AvgIpc) is 2.76. The predicted molar refractivity (Wildman–Crippen MR) is 86.2 cm³/mol. The number of carbonyl (C=O) groups is 1. The smallest absolute Gasteiger partial charge is 0.240 e. The zero-order chi connectivity index (χ0) is 15.1. The lowest BCUT2D eigenvalue weighted by Gasteiger charge is -2.16. The van der Waals surface area contributed by atoms with Crippen LogP contribution in [-0.2, 0) is 11.3 Å². The van der Waals surface area contributed by atoms with Gasteiger partial charge in [-0.15, -0.1) is 0 Å². The molecular weight excluding hydrogens is 262 g/mol.